The number of phenolic OH excluding ortho intramolecular Hbond substituents is 2. The smallest absolute Gasteiger partial charge is 0.337 e. The summed E-state index contributed by atoms with van der Waals surface area (Å²) in [5.41, 5.74) is 6.26. The van der Waals surface area contributed by atoms with Crippen LogP contribution in [0.3, 0.4) is 0 Å². The Hall–Kier alpha value is -4.03. The van der Waals surface area contributed by atoms with E-state index in [2.05, 4.69) is 79.2 Å². The standard InChI is InChI=1S/C21H20O3S.C13H14S.C8H7IO3/c1-21(2)10-11-25-19-9-5-14(12-17(19)21)4-6-15-7-8-16(13-18(15)22)20(23)24-3;1-4-10-5-6-12-11(9-10)13(2,3)7-8-14-12;1-12-8(11)5-2-3-6(9)7(10)4-5/h5,7-9,12-13,22H,10-11H2,1-3H3;1,5-6,9H,7-8H2,2-3H3;2-4,10H,1H3. The number of rotatable bonds is 2. The van der Waals surface area contributed by atoms with Crippen molar-refractivity contribution in [3.8, 4) is 35.7 Å². The van der Waals surface area contributed by atoms with Gasteiger partial charge in [0.15, 0.2) is 0 Å². The first-order valence-corrected chi connectivity index (χ1v) is 19.3. The molecule has 4 aromatic rings. The number of fused-ring (bicyclic) bond motifs is 2. The first-order valence-electron chi connectivity index (χ1n) is 16.2. The summed E-state index contributed by atoms with van der Waals surface area (Å²) in [6, 6.07) is 21.9. The molecule has 0 saturated carbocycles. The summed E-state index contributed by atoms with van der Waals surface area (Å²) in [5.74, 6) is 10.3. The maximum Gasteiger partial charge on any atom is 0.337 e. The van der Waals surface area contributed by atoms with Gasteiger partial charge in [-0.2, -0.15) is 0 Å². The highest BCUT2D eigenvalue weighted by atomic mass is 127. The van der Waals surface area contributed by atoms with Crippen molar-refractivity contribution in [2.75, 3.05) is 25.7 Å². The van der Waals surface area contributed by atoms with Crippen LogP contribution in [-0.4, -0.2) is 47.9 Å². The van der Waals surface area contributed by atoms with Crippen molar-refractivity contribution in [3.05, 3.63) is 115 Å². The molecule has 51 heavy (non-hydrogen) atoms. The number of thioether (sulfide) groups is 2. The van der Waals surface area contributed by atoms with Crippen LogP contribution in [0.15, 0.2) is 82.6 Å². The molecule has 0 radical (unpaired) electrons. The van der Waals surface area contributed by atoms with Gasteiger partial charge in [-0.1, -0.05) is 45.5 Å². The Morgan fingerprint density at radius 3 is 1.69 bits per heavy atom. The van der Waals surface area contributed by atoms with E-state index in [1.807, 2.05) is 58.2 Å². The Bertz CT molecular complexity index is 2030. The summed E-state index contributed by atoms with van der Waals surface area (Å²) in [4.78, 5) is 25.2. The van der Waals surface area contributed by atoms with Gasteiger partial charge in [0.25, 0.3) is 0 Å². The van der Waals surface area contributed by atoms with Crippen molar-refractivity contribution in [1.82, 2.24) is 0 Å². The van der Waals surface area contributed by atoms with Crippen LogP contribution in [0, 0.1) is 27.8 Å². The highest BCUT2D eigenvalue weighted by Gasteiger charge is 2.28. The van der Waals surface area contributed by atoms with E-state index in [0.717, 1.165) is 23.3 Å². The van der Waals surface area contributed by atoms with Gasteiger partial charge in [0, 0.05) is 20.9 Å². The summed E-state index contributed by atoms with van der Waals surface area (Å²) >= 11 is 5.81. The summed E-state index contributed by atoms with van der Waals surface area (Å²) in [6.45, 7) is 9.12. The summed E-state index contributed by atoms with van der Waals surface area (Å²) in [6.07, 6.45) is 7.80. The predicted octanol–water partition coefficient (Wildman–Crippen LogP) is 9.58. The van der Waals surface area contributed by atoms with Crippen molar-refractivity contribution in [1.29, 1.82) is 0 Å². The fourth-order valence-electron chi connectivity index (χ4n) is 5.42. The molecule has 264 valence electrons. The van der Waals surface area contributed by atoms with E-state index in [9.17, 15) is 19.8 Å². The lowest BCUT2D eigenvalue weighted by atomic mass is 9.81. The summed E-state index contributed by atoms with van der Waals surface area (Å²) in [5, 5.41) is 19.3. The Kier molecular flexibility index (Phi) is 13.6. The third-order valence-electron chi connectivity index (χ3n) is 8.68. The Morgan fingerprint density at radius 2 is 1.20 bits per heavy atom. The average Bonchev–Trinajstić information content (AvgIpc) is 3.12. The summed E-state index contributed by atoms with van der Waals surface area (Å²) < 4.78 is 9.83. The highest BCUT2D eigenvalue weighted by Crippen LogP contribution is 2.42. The monoisotopic (exact) mass is 832 g/mol. The van der Waals surface area contributed by atoms with Gasteiger partial charge in [-0.25, -0.2) is 9.59 Å². The number of ether oxygens (including phenoxy) is 2. The highest BCUT2D eigenvalue weighted by molar-refractivity contribution is 14.1. The van der Waals surface area contributed by atoms with Crippen LogP contribution >= 0.6 is 46.1 Å². The van der Waals surface area contributed by atoms with Gasteiger partial charge in [0.1, 0.15) is 11.5 Å². The van der Waals surface area contributed by atoms with E-state index in [0.29, 0.717) is 20.3 Å². The molecule has 0 saturated heterocycles. The number of hydrogen-bond donors (Lipinski definition) is 2. The molecule has 2 heterocycles. The van der Waals surface area contributed by atoms with Crippen molar-refractivity contribution in [2.45, 2.75) is 61.2 Å². The van der Waals surface area contributed by atoms with E-state index < -0.39 is 11.9 Å². The number of hydrogen-bond acceptors (Lipinski definition) is 8. The van der Waals surface area contributed by atoms with Crippen molar-refractivity contribution < 1.29 is 29.3 Å². The number of benzene rings is 4. The third-order valence-corrected chi connectivity index (χ3v) is 11.7. The number of methoxy groups -OCH3 is 2. The van der Waals surface area contributed by atoms with E-state index >= 15 is 0 Å². The average molecular weight is 833 g/mol. The number of terminal acetylenes is 1. The van der Waals surface area contributed by atoms with Gasteiger partial charge in [0.2, 0.25) is 0 Å². The second-order valence-corrected chi connectivity index (χ2v) is 16.6. The topological polar surface area (TPSA) is 93.1 Å². The zero-order valence-electron chi connectivity index (χ0n) is 29.6. The van der Waals surface area contributed by atoms with Crippen LogP contribution in [0.25, 0.3) is 0 Å². The lowest BCUT2D eigenvalue weighted by Crippen LogP contribution is -2.22. The number of phenols is 2. The molecule has 2 N–H and O–H groups in total. The number of aromatic hydroxyl groups is 2. The van der Waals surface area contributed by atoms with E-state index in [-0.39, 0.29) is 22.3 Å². The molecule has 0 bridgehead atoms. The Labute approximate surface area is 323 Å². The largest absolute Gasteiger partial charge is 0.507 e. The molecule has 2 aliphatic rings. The maximum atomic E-state index is 11.5. The number of carbonyl (C=O) groups is 2. The molecule has 0 atom stereocenters. The third kappa shape index (κ3) is 10.3. The van der Waals surface area contributed by atoms with Crippen LogP contribution < -0.4 is 0 Å². The fraction of sp³-hybridized carbons (Fsp3) is 0.286. The van der Waals surface area contributed by atoms with Gasteiger partial charge in [-0.15, -0.1) is 29.9 Å². The lowest BCUT2D eigenvalue weighted by Gasteiger charge is -2.32. The fourth-order valence-corrected chi connectivity index (χ4v) is 8.73. The first kappa shape index (κ1) is 39.8. The van der Waals surface area contributed by atoms with Gasteiger partial charge in [-0.3, -0.25) is 0 Å². The second kappa shape index (κ2) is 17.5. The minimum Gasteiger partial charge on any atom is -0.507 e. The Balaban J connectivity index is 0.000000189. The van der Waals surface area contributed by atoms with E-state index in [4.69, 9.17) is 6.42 Å². The predicted molar refractivity (Wildman–Crippen MR) is 215 cm³/mol. The molecule has 0 aromatic heterocycles. The van der Waals surface area contributed by atoms with Gasteiger partial charge < -0.3 is 19.7 Å². The molecule has 4 aromatic carbocycles. The zero-order valence-corrected chi connectivity index (χ0v) is 33.3. The SMILES string of the molecule is C#Cc1ccc2c(c1)C(C)(C)CCS2.COC(=O)c1ccc(C#Cc2ccc3c(c2)C(C)(C)CCS3)c(O)c1.COC(=O)c1ccc(I)c(O)c1. The maximum absolute atomic E-state index is 11.5. The first-order chi connectivity index (χ1) is 24.2. The molecule has 0 fully saturated rings. The van der Waals surface area contributed by atoms with E-state index in [1.54, 1.807) is 24.3 Å². The number of esters is 2. The van der Waals surface area contributed by atoms with E-state index in [1.165, 1.54) is 59.4 Å². The molecule has 0 unspecified atom stereocenters. The molecule has 6 nitrogen and oxygen atoms in total. The lowest BCUT2D eigenvalue weighted by molar-refractivity contribution is 0.0591. The minimum atomic E-state index is -0.482. The molecule has 0 amide bonds. The van der Waals surface area contributed by atoms with Gasteiger partial charge in [-0.05, 0) is 142 Å². The zero-order chi connectivity index (χ0) is 37.3. The second-order valence-electron chi connectivity index (χ2n) is 13.2. The molecule has 2 aliphatic heterocycles. The van der Waals surface area contributed by atoms with Crippen LogP contribution in [-0.2, 0) is 20.3 Å². The van der Waals surface area contributed by atoms with Crippen molar-refractivity contribution >= 4 is 58.1 Å². The van der Waals surface area contributed by atoms with Gasteiger partial charge >= 0.3 is 11.9 Å². The van der Waals surface area contributed by atoms with Gasteiger partial charge in [0.05, 0.1) is 34.5 Å². The number of halogens is 1. The van der Waals surface area contributed by atoms with Crippen molar-refractivity contribution in [3.63, 3.8) is 0 Å². The Morgan fingerprint density at radius 1 is 0.706 bits per heavy atom. The van der Waals surface area contributed by atoms with Crippen LogP contribution in [0.1, 0.15) is 89.1 Å². The quantitative estimate of drug-likeness (QED) is 0.117. The molecular weight excluding hydrogens is 791 g/mol. The molecule has 6 rings (SSSR count). The number of carbonyl (C=O) groups excluding carboxylic acids is 2. The van der Waals surface area contributed by atoms with Crippen molar-refractivity contribution in [2.24, 2.45) is 0 Å². The minimum absolute atomic E-state index is 0.0238. The van der Waals surface area contributed by atoms with Crippen LogP contribution in [0.2, 0.25) is 0 Å². The molecule has 0 aliphatic carbocycles. The molecular formula is C42H41IO6S2. The molecule has 9 heteroatoms. The summed E-state index contributed by atoms with van der Waals surface area (Å²) in [7, 11) is 2.61. The van der Waals surface area contributed by atoms with Crippen LogP contribution in [0.5, 0.6) is 11.5 Å². The molecule has 0 spiro atoms. The normalized spacial score (nSPS) is 14.5. The van der Waals surface area contributed by atoms with Crippen LogP contribution in [0.4, 0.5) is 0 Å².